The summed E-state index contributed by atoms with van der Waals surface area (Å²) in [5.41, 5.74) is -0.262. The largest absolute Gasteiger partial charge is 0.394 e. The van der Waals surface area contributed by atoms with Gasteiger partial charge in [-0.2, -0.15) is 4.98 Å². The van der Waals surface area contributed by atoms with Gasteiger partial charge in [-0.15, -0.1) is 0 Å². The molecule has 0 spiro atoms. The highest BCUT2D eigenvalue weighted by atomic mass is 16.5. The molecule has 6 heteroatoms. The molecule has 1 saturated heterocycles. The third kappa shape index (κ3) is 3.99. The van der Waals surface area contributed by atoms with Crippen molar-refractivity contribution in [2.24, 2.45) is 0 Å². The number of hydrogen-bond acceptors (Lipinski definition) is 6. The van der Waals surface area contributed by atoms with E-state index in [2.05, 4.69) is 22.0 Å². The van der Waals surface area contributed by atoms with E-state index in [4.69, 9.17) is 9.26 Å². The molecule has 2 rings (SSSR count). The lowest BCUT2D eigenvalue weighted by molar-refractivity contribution is -0.151. The number of hydrogen-bond donors (Lipinski definition) is 1. The van der Waals surface area contributed by atoms with Crippen molar-refractivity contribution in [3.8, 4) is 0 Å². The van der Waals surface area contributed by atoms with Crippen LogP contribution in [0, 0.1) is 0 Å². The maximum absolute atomic E-state index is 9.28. The molecule has 1 aliphatic heterocycles. The lowest BCUT2D eigenvalue weighted by atomic mass is 10.1. The number of aryl methyl sites for hydroxylation is 1. The van der Waals surface area contributed by atoms with Gasteiger partial charge in [0.2, 0.25) is 5.89 Å². The zero-order valence-electron chi connectivity index (χ0n) is 11.9. The molecule has 108 valence electrons. The minimum atomic E-state index is -0.262. The second kappa shape index (κ2) is 5.98. The Kier molecular flexibility index (Phi) is 4.54. The van der Waals surface area contributed by atoms with E-state index in [1.54, 1.807) is 0 Å². The van der Waals surface area contributed by atoms with Crippen molar-refractivity contribution >= 4 is 0 Å². The van der Waals surface area contributed by atoms with Crippen LogP contribution in [0.2, 0.25) is 0 Å². The van der Waals surface area contributed by atoms with Gasteiger partial charge in [-0.25, -0.2) is 0 Å². The minimum absolute atomic E-state index is 0.0350. The highest BCUT2D eigenvalue weighted by Crippen LogP contribution is 2.21. The molecule has 19 heavy (non-hydrogen) atoms. The first-order chi connectivity index (χ1) is 9.02. The third-order valence-electron chi connectivity index (χ3n) is 3.09. The van der Waals surface area contributed by atoms with Crippen LogP contribution in [0.1, 0.15) is 38.9 Å². The SMILES string of the molecule is CCCc1nc(CN2CC(CO)OC(C)(C)C2)no1. The van der Waals surface area contributed by atoms with Crippen molar-refractivity contribution in [2.75, 3.05) is 19.7 Å². The highest BCUT2D eigenvalue weighted by Gasteiger charge is 2.33. The number of aliphatic hydroxyl groups is 1. The van der Waals surface area contributed by atoms with Crippen LogP contribution in [0.5, 0.6) is 0 Å². The normalized spacial score (nSPS) is 23.7. The number of aliphatic hydroxyl groups excluding tert-OH is 1. The molecule has 6 nitrogen and oxygen atoms in total. The maximum Gasteiger partial charge on any atom is 0.226 e. The van der Waals surface area contributed by atoms with Gasteiger partial charge in [0.1, 0.15) is 0 Å². The van der Waals surface area contributed by atoms with Crippen LogP contribution in [0.15, 0.2) is 4.52 Å². The smallest absolute Gasteiger partial charge is 0.226 e. The Balaban J connectivity index is 1.96. The summed E-state index contributed by atoms with van der Waals surface area (Å²) in [6.07, 6.45) is 1.67. The van der Waals surface area contributed by atoms with E-state index >= 15 is 0 Å². The van der Waals surface area contributed by atoms with Crippen molar-refractivity contribution in [2.45, 2.75) is 51.9 Å². The first-order valence-electron chi connectivity index (χ1n) is 6.85. The molecule has 2 heterocycles. The lowest BCUT2D eigenvalue weighted by Gasteiger charge is -2.41. The standard InChI is InChI=1S/C13H23N3O3/c1-4-5-12-14-11(15-19-12)7-16-6-10(8-17)18-13(2,3)9-16/h10,17H,4-9H2,1-3H3. The third-order valence-corrected chi connectivity index (χ3v) is 3.09. The Morgan fingerprint density at radius 1 is 1.47 bits per heavy atom. The van der Waals surface area contributed by atoms with Crippen LogP contribution in [-0.2, 0) is 17.7 Å². The van der Waals surface area contributed by atoms with Crippen LogP contribution < -0.4 is 0 Å². The molecule has 0 radical (unpaired) electrons. The van der Waals surface area contributed by atoms with Gasteiger partial charge >= 0.3 is 0 Å². The Bertz CT molecular complexity index is 406. The summed E-state index contributed by atoms with van der Waals surface area (Å²) in [6, 6.07) is 0. The molecule has 0 aromatic carbocycles. The van der Waals surface area contributed by atoms with E-state index in [1.807, 2.05) is 13.8 Å². The van der Waals surface area contributed by atoms with Gasteiger partial charge in [0.25, 0.3) is 0 Å². The van der Waals surface area contributed by atoms with Crippen LogP contribution in [-0.4, -0.2) is 51.5 Å². The van der Waals surface area contributed by atoms with Crippen molar-refractivity contribution < 1.29 is 14.4 Å². The molecule has 1 aromatic rings. The molecule has 1 fully saturated rings. The Morgan fingerprint density at radius 2 is 2.26 bits per heavy atom. The van der Waals surface area contributed by atoms with Crippen LogP contribution in [0.4, 0.5) is 0 Å². The molecule has 1 aliphatic rings. The molecule has 1 atom stereocenters. The van der Waals surface area contributed by atoms with Gasteiger partial charge in [0.05, 0.1) is 24.9 Å². The molecular weight excluding hydrogens is 246 g/mol. The second-order valence-electron chi connectivity index (χ2n) is 5.71. The van der Waals surface area contributed by atoms with Crippen LogP contribution in [0.25, 0.3) is 0 Å². The number of ether oxygens (including phenoxy) is 1. The van der Waals surface area contributed by atoms with Gasteiger partial charge in [-0.1, -0.05) is 12.1 Å². The summed E-state index contributed by atoms with van der Waals surface area (Å²) in [5, 5.41) is 13.3. The topological polar surface area (TPSA) is 71.6 Å². The molecule has 0 saturated carbocycles. The van der Waals surface area contributed by atoms with Crippen molar-refractivity contribution in [1.29, 1.82) is 0 Å². The molecular formula is C13H23N3O3. The summed E-state index contributed by atoms with van der Waals surface area (Å²) in [4.78, 5) is 6.57. The lowest BCUT2D eigenvalue weighted by Crippen LogP contribution is -2.53. The predicted molar refractivity (Wildman–Crippen MR) is 69.6 cm³/mol. The van der Waals surface area contributed by atoms with E-state index in [-0.39, 0.29) is 18.3 Å². The number of morpholine rings is 1. The average Bonchev–Trinajstić information content (AvgIpc) is 2.75. The van der Waals surface area contributed by atoms with Crippen LogP contribution >= 0.6 is 0 Å². The quantitative estimate of drug-likeness (QED) is 0.859. The first-order valence-corrected chi connectivity index (χ1v) is 6.85. The number of rotatable bonds is 5. The fourth-order valence-corrected chi connectivity index (χ4v) is 2.50. The van der Waals surface area contributed by atoms with Crippen LogP contribution in [0.3, 0.4) is 0 Å². The Labute approximate surface area is 113 Å². The maximum atomic E-state index is 9.28. The van der Waals surface area contributed by atoms with Gasteiger partial charge in [0.15, 0.2) is 5.82 Å². The van der Waals surface area contributed by atoms with Gasteiger partial charge in [-0.05, 0) is 20.3 Å². The van der Waals surface area contributed by atoms with Gasteiger partial charge in [-0.3, -0.25) is 4.90 Å². The highest BCUT2D eigenvalue weighted by molar-refractivity contribution is 4.90. The van der Waals surface area contributed by atoms with Crippen molar-refractivity contribution in [3.63, 3.8) is 0 Å². The molecule has 1 unspecified atom stereocenters. The van der Waals surface area contributed by atoms with E-state index in [0.29, 0.717) is 24.8 Å². The van der Waals surface area contributed by atoms with E-state index in [1.165, 1.54) is 0 Å². The summed E-state index contributed by atoms with van der Waals surface area (Å²) in [6.45, 7) is 8.30. The predicted octanol–water partition coefficient (Wildman–Crippen LogP) is 0.994. The molecule has 0 aliphatic carbocycles. The number of aromatic nitrogens is 2. The monoisotopic (exact) mass is 269 g/mol. The van der Waals surface area contributed by atoms with Gasteiger partial charge < -0.3 is 14.4 Å². The average molecular weight is 269 g/mol. The Morgan fingerprint density at radius 3 is 2.95 bits per heavy atom. The summed E-state index contributed by atoms with van der Waals surface area (Å²) >= 11 is 0. The zero-order valence-corrected chi connectivity index (χ0v) is 11.9. The molecule has 0 amide bonds. The molecule has 0 bridgehead atoms. The fraction of sp³-hybridized carbons (Fsp3) is 0.846. The zero-order chi connectivity index (χ0) is 13.9. The van der Waals surface area contributed by atoms with Crippen molar-refractivity contribution in [1.82, 2.24) is 15.0 Å². The summed E-state index contributed by atoms with van der Waals surface area (Å²) in [7, 11) is 0. The first kappa shape index (κ1) is 14.4. The summed E-state index contributed by atoms with van der Waals surface area (Å²) in [5.74, 6) is 1.40. The van der Waals surface area contributed by atoms with Gasteiger partial charge in [0, 0.05) is 19.5 Å². The van der Waals surface area contributed by atoms with E-state index in [0.717, 1.165) is 19.4 Å². The fourth-order valence-electron chi connectivity index (χ4n) is 2.50. The Hall–Kier alpha value is -0.980. The minimum Gasteiger partial charge on any atom is -0.394 e. The van der Waals surface area contributed by atoms with Crippen molar-refractivity contribution in [3.05, 3.63) is 11.7 Å². The second-order valence-corrected chi connectivity index (χ2v) is 5.71. The summed E-state index contributed by atoms with van der Waals surface area (Å²) < 4.78 is 11.0. The number of nitrogens with zero attached hydrogens (tertiary/aromatic N) is 3. The van der Waals surface area contributed by atoms with E-state index in [9.17, 15) is 5.11 Å². The van der Waals surface area contributed by atoms with E-state index < -0.39 is 0 Å². The molecule has 1 N–H and O–H groups in total. The molecule has 1 aromatic heterocycles.